The first kappa shape index (κ1) is 11.5. The summed E-state index contributed by atoms with van der Waals surface area (Å²) < 4.78 is 42.5. The highest BCUT2D eigenvalue weighted by molar-refractivity contribution is 5.87. The van der Waals surface area contributed by atoms with E-state index in [4.69, 9.17) is 0 Å². The van der Waals surface area contributed by atoms with Gasteiger partial charge in [-0.25, -0.2) is 0 Å². The van der Waals surface area contributed by atoms with Crippen LogP contribution in [0.2, 0.25) is 0 Å². The van der Waals surface area contributed by atoms with Crippen LogP contribution in [-0.4, -0.2) is 38.8 Å². The van der Waals surface area contributed by atoms with Crippen molar-refractivity contribution in [3.8, 4) is 0 Å². The summed E-state index contributed by atoms with van der Waals surface area (Å²) >= 11 is 0. The van der Waals surface area contributed by atoms with Gasteiger partial charge in [-0.3, -0.25) is 4.79 Å². The summed E-state index contributed by atoms with van der Waals surface area (Å²) in [7, 11) is 1.21. The molecule has 0 spiro atoms. The van der Waals surface area contributed by atoms with E-state index in [0.717, 1.165) is 0 Å². The van der Waals surface area contributed by atoms with Gasteiger partial charge in [0.15, 0.2) is 5.78 Å². The first-order valence-electron chi connectivity index (χ1n) is 4.24. The number of hydrogen-bond donors (Lipinski definition) is 1. The molecule has 0 radical (unpaired) electrons. The number of hydrogen-bond acceptors (Lipinski definition) is 3. The van der Waals surface area contributed by atoms with Gasteiger partial charge in [0.1, 0.15) is 12.0 Å². The molecule has 1 saturated heterocycles. The standard InChI is InChI=1S/C8H12F3NO2/c1-14-4-6(13)7(8(9,10)11)2-3-12-5-7/h12H,2-5H2,1H3. The third-order valence-corrected chi connectivity index (χ3v) is 2.51. The van der Waals surface area contributed by atoms with Gasteiger partial charge in [-0.2, -0.15) is 13.2 Å². The molecule has 1 aliphatic heterocycles. The molecule has 0 aliphatic carbocycles. The van der Waals surface area contributed by atoms with Crippen LogP contribution < -0.4 is 5.32 Å². The highest BCUT2D eigenvalue weighted by Gasteiger charge is 2.60. The highest BCUT2D eigenvalue weighted by Crippen LogP contribution is 2.43. The Morgan fingerprint density at radius 1 is 1.57 bits per heavy atom. The molecule has 0 aromatic carbocycles. The minimum absolute atomic E-state index is 0.196. The number of ether oxygens (including phenoxy) is 1. The zero-order chi connectivity index (χ0) is 10.8. The molecule has 1 aliphatic rings. The molecule has 6 heteroatoms. The summed E-state index contributed by atoms with van der Waals surface area (Å²) in [5.41, 5.74) is -2.23. The minimum atomic E-state index is -4.49. The molecule has 1 N–H and O–H groups in total. The number of Topliss-reactive ketones (excluding diaryl/α,β-unsaturated/α-hetero) is 1. The molecule has 3 nitrogen and oxygen atoms in total. The second-order valence-electron chi connectivity index (χ2n) is 3.36. The number of ketones is 1. The Kier molecular flexibility index (Phi) is 3.16. The molecule has 0 bridgehead atoms. The van der Waals surface area contributed by atoms with E-state index in [2.05, 4.69) is 10.1 Å². The van der Waals surface area contributed by atoms with Crippen LogP contribution in [0.4, 0.5) is 13.2 Å². The third kappa shape index (κ3) is 1.76. The fourth-order valence-electron chi connectivity index (χ4n) is 1.60. The average molecular weight is 211 g/mol. The first-order valence-corrected chi connectivity index (χ1v) is 4.24. The van der Waals surface area contributed by atoms with E-state index in [1.54, 1.807) is 0 Å². The maximum atomic E-state index is 12.7. The second kappa shape index (κ2) is 3.86. The molecule has 82 valence electrons. The lowest BCUT2D eigenvalue weighted by atomic mass is 9.82. The molecule has 0 saturated carbocycles. The molecule has 0 amide bonds. The number of carbonyl (C=O) groups excluding carboxylic acids is 1. The normalized spacial score (nSPS) is 28.0. The van der Waals surface area contributed by atoms with Crippen LogP contribution in [0.3, 0.4) is 0 Å². The number of halogens is 3. The number of alkyl halides is 3. The van der Waals surface area contributed by atoms with Crippen LogP contribution in [0, 0.1) is 5.41 Å². The quantitative estimate of drug-likeness (QED) is 0.748. The Bertz CT molecular complexity index is 221. The predicted molar refractivity (Wildman–Crippen MR) is 42.9 cm³/mol. The van der Waals surface area contributed by atoms with Crippen LogP contribution in [0.1, 0.15) is 6.42 Å². The number of carbonyl (C=O) groups is 1. The van der Waals surface area contributed by atoms with E-state index in [-0.39, 0.29) is 19.5 Å². The van der Waals surface area contributed by atoms with Crippen molar-refractivity contribution in [1.29, 1.82) is 0 Å². The zero-order valence-corrected chi connectivity index (χ0v) is 7.78. The lowest BCUT2D eigenvalue weighted by Gasteiger charge is -2.28. The Balaban J connectivity index is 2.87. The van der Waals surface area contributed by atoms with Crippen molar-refractivity contribution in [2.24, 2.45) is 5.41 Å². The van der Waals surface area contributed by atoms with Gasteiger partial charge in [0.25, 0.3) is 0 Å². The average Bonchev–Trinajstić information content (AvgIpc) is 2.51. The fraction of sp³-hybridized carbons (Fsp3) is 0.875. The smallest absolute Gasteiger partial charge is 0.377 e. The van der Waals surface area contributed by atoms with E-state index < -0.39 is 24.0 Å². The van der Waals surface area contributed by atoms with Gasteiger partial charge >= 0.3 is 6.18 Å². The summed E-state index contributed by atoms with van der Waals surface area (Å²) in [6, 6.07) is 0. The molecule has 1 rings (SSSR count). The number of methoxy groups -OCH3 is 1. The molecule has 0 aromatic rings. The Morgan fingerprint density at radius 3 is 2.57 bits per heavy atom. The van der Waals surface area contributed by atoms with E-state index in [9.17, 15) is 18.0 Å². The maximum Gasteiger partial charge on any atom is 0.402 e. The van der Waals surface area contributed by atoms with Gasteiger partial charge in [-0.1, -0.05) is 0 Å². The van der Waals surface area contributed by atoms with E-state index in [0.29, 0.717) is 0 Å². The lowest BCUT2D eigenvalue weighted by Crippen LogP contribution is -2.48. The molecule has 0 aromatic heterocycles. The third-order valence-electron chi connectivity index (χ3n) is 2.51. The Hall–Kier alpha value is -0.620. The topological polar surface area (TPSA) is 38.3 Å². The molecule has 14 heavy (non-hydrogen) atoms. The maximum absolute atomic E-state index is 12.7. The summed E-state index contributed by atoms with van der Waals surface area (Å²) in [6.07, 6.45) is -4.69. The summed E-state index contributed by atoms with van der Waals surface area (Å²) in [6.45, 7) is -0.602. The Labute approximate surface area is 79.6 Å². The SMILES string of the molecule is COCC(=O)C1(C(F)(F)F)CCNC1. The van der Waals surface area contributed by atoms with Crippen molar-refractivity contribution in [3.05, 3.63) is 0 Å². The van der Waals surface area contributed by atoms with Gasteiger partial charge in [-0.05, 0) is 13.0 Å². The van der Waals surface area contributed by atoms with Crippen molar-refractivity contribution in [1.82, 2.24) is 5.32 Å². The lowest BCUT2D eigenvalue weighted by molar-refractivity contribution is -0.216. The number of rotatable bonds is 3. The van der Waals surface area contributed by atoms with Crippen LogP contribution in [0.25, 0.3) is 0 Å². The van der Waals surface area contributed by atoms with Gasteiger partial charge in [0.2, 0.25) is 0 Å². The molecular formula is C8H12F3NO2. The molecule has 1 atom stereocenters. The van der Waals surface area contributed by atoms with E-state index >= 15 is 0 Å². The van der Waals surface area contributed by atoms with Crippen molar-refractivity contribution in [2.45, 2.75) is 12.6 Å². The van der Waals surface area contributed by atoms with E-state index in [1.807, 2.05) is 0 Å². The second-order valence-corrected chi connectivity index (χ2v) is 3.36. The van der Waals surface area contributed by atoms with Crippen molar-refractivity contribution >= 4 is 5.78 Å². The fourth-order valence-corrected chi connectivity index (χ4v) is 1.60. The molecule has 1 fully saturated rings. The first-order chi connectivity index (χ1) is 6.44. The van der Waals surface area contributed by atoms with Gasteiger partial charge in [0.05, 0.1) is 0 Å². The van der Waals surface area contributed by atoms with Crippen molar-refractivity contribution in [2.75, 3.05) is 26.8 Å². The summed E-state index contributed by atoms with van der Waals surface area (Å²) in [5, 5.41) is 2.56. The molecular weight excluding hydrogens is 199 g/mol. The Morgan fingerprint density at radius 2 is 2.21 bits per heavy atom. The predicted octanol–water partition coefficient (Wildman–Crippen LogP) is 0.744. The van der Waals surface area contributed by atoms with Crippen molar-refractivity contribution in [3.63, 3.8) is 0 Å². The van der Waals surface area contributed by atoms with Gasteiger partial charge in [0, 0.05) is 13.7 Å². The van der Waals surface area contributed by atoms with E-state index in [1.165, 1.54) is 7.11 Å². The van der Waals surface area contributed by atoms with Gasteiger partial charge in [-0.15, -0.1) is 0 Å². The summed E-state index contributed by atoms with van der Waals surface area (Å²) in [5.74, 6) is -0.891. The van der Waals surface area contributed by atoms with Gasteiger partial charge < -0.3 is 10.1 Å². The molecule has 1 unspecified atom stereocenters. The number of nitrogens with one attached hydrogen (secondary N) is 1. The van der Waals surface area contributed by atoms with Crippen LogP contribution in [0.5, 0.6) is 0 Å². The minimum Gasteiger partial charge on any atom is -0.377 e. The largest absolute Gasteiger partial charge is 0.402 e. The van der Waals surface area contributed by atoms with Crippen LogP contribution in [-0.2, 0) is 9.53 Å². The summed E-state index contributed by atoms with van der Waals surface area (Å²) in [4.78, 5) is 11.3. The monoisotopic (exact) mass is 211 g/mol. The zero-order valence-electron chi connectivity index (χ0n) is 7.78. The van der Waals surface area contributed by atoms with Crippen LogP contribution >= 0.6 is 0 Å². The van der Waals surface area contributed by atoms with Crippen LogP contribution in [0.15, 0.2) is 0 Å². The van der Waals surface area contributed by atoms with Crippen molar-refractivity contribution < 1.29 is 22.7 Å². The molecule has 1 heterocycles. The highest BCUT2D eigenvalue weighted by atomic mass is 19.4.